The van der Waals surface area contributed by atoms with Crippen LogP contribution in [0.1, 0.15) is 22.3 Å². The van der Waals surface area contributed by atoms with Gasteiger partial charge in [-0.15, -0.1) is 0 Å². The first kappa shape index (κ1) is 16.6. The first-order valence-electron chi connectivity index (χ1n) is 8.01. The molecule has 0 aromatic heterocycles. The molecule has 2 aromatic carbocycles. The molecule has 1 saturated heterocycles. The van der Waals surface area contributed by atoms with Crippen LogP contribution in [0.25, 0.3) is 11.1 Å². The molecule has 3 rings (SSSR count). The number of halogens is 2. The maximum absolute atomic E-state index is 14.5. The van der Waals surface area contributed by atoms with Crippen molar-refractivity contribution in [2.24, 2.45) is 0 Å². The van der Waals surface area contributed by atoms with Crippen molar-refractivity contribution in [1.82, 2.24) is 10.2 Å². The Kier molecular flexibility index (Phi) is 4.62. The van der Waals surface area contributed by atoms with E-state index >= 15 is 0 Å². The minimum absolute atomic E-state index is 0.139. The highest BCUT2D eigenvalue weighted by molar-refractivity contribution is 5.95. The monoisotopic (exact) mass is 330 g/mol. The molecule has 2 aromatic rings. The van der Waals surface area contributed by atoms with Crippen LogP contribution in [-0.2, 0) is 0 Å². The van der Waals surface area contributed by atoms with Gasteiger partial charge in [0.1, 0.15) is 11.6 Å². The lowest BCUT2D eigenvalue weighted by atomic mass is 9.98. The molecule has 1 fully saturated rings. The van der Waals surface area contributed by atoms with E-state index in [1.807, 2.05) is 0 Å². The third-order valence-electron chi connectivity index (χ3n) is 4.60. The van der Waals surface area contributed by atoms with Crippen molar-refractivity contribution >= 4 is 5.91 Å². The summed E-state index contributed by atoms with van der Waals surface area (Å²) in [6.07, 6.45) is 0.900. The molecule has 1 aliphatic rings. The zero-order valence-corrected chi connectivity index (χ0v) is 13.8. The van der Waals surface area contributed by atoms with E-state index in [4.69, 9.17) is 0 Å². The molecule has 24 heavy (non-hydrogen) atoms. The number of hydrogen-bond donors (Lipinski definition) is 1. The Balaban J connectivity index is 1.88. The SMILES string of the molecule is Cc1cc(F)ccc1-c1ccc(C(=O)N(C)C2CCNC2)cc1F. The van der Waals surface area contributed by atoms with E-state index in [2.05, 4.69) is 5.32 Å². The predicted molar refractivity (Wildman–Crippen MR) is 89.9 cm³/mol. The van der Waals surface area contributed by atoms with Gasteiger partial charge >= 0.3 is 0 Å². The van der Waals surface area contributed by atoms with E-state index in [-0.39, 0.29) is 17.8 Å². The molecule has 0 radical (unpaired) electrons. The molecule has 0 spiro atoms. The number of carbonyl (C=O) groups excluding carboxylic acids is 1. The topological polar surface area (TPSA) is 32.3 Å². The Morgan fingerprint density at radius 3 is 2.54 bits per heavy atom. The van der Waals surface area contributed by atoms with Crippen LogP contribution in [0.5, 0.6) is 0 Å². The molecular formula is C19H20F2N2O. The molecule has 1 N–H and O–H groups in total. The normalized spacial score (nSPS) is 17.1. The molecule has 1 aliphatic heterocycles. The quantitative estimate of drug-likeness (QED) is 0.936. The van der Waals surface area contributed by atoms with Crippen molar-refractivity contribution in [2.75, 3.05) is 20.1 Å². The van der Waals surface area contributed by atoms with Crippen LogP contribution in [0.15, 0.2) is 36.4 Å². The second kappa shape index (κ2) is 6.69. The molecule has 1 unspecified atom stereocenters. The summed E-state index contributed by atoms with van der Waals surface area (Å²) in [5.74, 6) is -1.02. The minimum atomic E-state index is -0.478. The molecule has 5 heteroatoms. The third kappa shape index (κ3) is 3.17. The number of carbonyl (C=O) groups is 1. The van der Waals surface area contributed by atoms with Crippen LogP contribution in [0.4, 0.5) is 8.78 Å². The molecular weight excluding hydrogens is 310 g/mol. The number of hydrogen-bond acceptors (Lipinski definition) is 2. The van der Waals surface area contributed by atoms with Crippen LogP contribution in [-0.4, -0.2) is 37.0 Å². The van der Waals surface area contributed by atoms with Gasteiger partial charge < -0.3 is 10.2 Å². The van der Waals surface area contributed by atoms with Crippen LogP contribution < -0.4 is 5.32 Å². The van der Waals surface area contributed by atoms with Gasteiger partial charge in [0.05, 0.1) is 0 Å². The van der Waals surface area contributed by atoms with Crippen molar-refractivity contribution in [3.63, 3.8) is 0 Å². The van der Waals surface area contributed by atoms with Gasteiger partial charge in [0.15, 0.2) is 0 Å². The highest BCUT2D eigenvalue weighted by Gasteiger charge is 2.24. The summed E-state index contributed by atoms with van der Waals surface area (Å²) in [5.41, 5.74) is 1.98. The third-order valence-corrected chi connectivity index (χ3v) is 4.60. The molecule has 0 bridgehead atoms. The van der Waals surface area contributed by atoms with Gasteiger partial charge in [0.2, 0.25) is 0 Å². The van der Waals surface area contributed by atoms with E-state index < -0.39 is 5.82 Å². The van der Waals surface area contributed by atoms with Crippen molar-refractivity contribution in [3.05, 3.63) is 59.2 Å². The van der Waals surface area contributed by atoms with Crippen LogP contribution >= 0.6 is 0 Å². The minimum Gasteiger partial charge on any atom is -0.337 e. The summed E-state index contributed by atoms with van der Waals surface area (Å²) in [6.45, 7) is 3.38. The summed E-state index contributed by atoms with van der Waals surface area (Å²) in [6, 6.07) is 8.85. The molecule has 1 atom stereocenters. The number of rotatable bonds is 3. The lowest BCUT2D eigenvalue weighted by molar-refractivity contribution is 0.0743. The highest BCUT2D eigenvalue weighted by Crippen LogP contribution is 2.27. The van der Waals surface area contributed by atoms with E-state index in [1.165, 1.54) is 18.2 Å². The smallest absolute Gasteiger partial charge is 0.253 e. The van der Waals surface area contributed by atoms with E-state index in [1.54, 1.807) is 37.1 Å². The molecule has 0 saturated carbocycles. The van der Waals surface area contributed by atoms with Gasteiger partial charge in [-0.3, -0.25) is 4.79 Å². The number of nitrogens with one attached hydrogen (secondary N) is 1. The lowest BCUT2D eigenvalue weighted by Crippen LogP contribution is -2.38. The van der Waals surface area contributed by atoms with Crippen molar-refractivity contribution in [3.8, 4) is 11.1 Å². The second-order valence-corrected chi connectivity index (χ2v) is 6.22. The standard InChI is InChI=1S/C19H20F2N2O/c1-12-9-14(20)4-6-16(12)17-5-3-13(10-18(17)21)19(24)23(2)15-7-8-22-11-15/h3-6,9-10,15,22H,7-8,11H2,1-2H3. The van der Waals surface area contributed by atoms with Gasteiger partial charge in [0.25, 0.3) is 5.91 Å². The van der Waals surface area contributed by atoms with Gasteiger partial charge in [-0.25, -0.2) is 8.78 Å². The molecule has 1 amide bonds. The summed E-state index contributed by atoms with van der Waals surface area (Å²) >= 11 is 0. The Morgan fingerprint density at radius 1 is 1.17 bits per heavy atom. The van der Waals surface area contributed by atoms with Gasteiger partial charge in [-0.2, -0.15) is 0 Å². The number of benzene rings is 2. The van der Waals surface area contributed by atoms with Crippen molar-refractivity contribution in [1.29, 1.82) is 0 Å². The number of aryl methyl sites for hydroxylation is 1. The van der Waals surface area contributed by atoms with Gasteiger partial charge in [-0.05, 0) is 55.3 Å². The highest BCUT2D eigenvalue weighted by atomic mass is 19.1. The van der Waals surface area contributed by atoms with E-state index in [9.17, 15) is 13.6 Å². The predicted octanol–water partition coefficient (Wildman–Crippen LogP) is 3.37. The van der Waals surface area contributed by atoms with Gasteiger partial charge in [-0.1, -0.05) is 12.1 Å². The Labute approximate surface area is 140 Å². The van der Waals surface area contributed by atoms with E-state index in [0.29, 0.717) is 22.3 Å². The first-order valence-corrected chi connectivity index (χ1v) is 8.01. The Hall–Kier alpha value is -2.27. The molecule has 0 aliphatic carbocycles. The largest absolute Gasteiger partial charge is 0.337 e. The van der Waals surface area contributed by atoms with Crippen molar-refractivity contribution < 1.29 is 13.6 Å². The lowest BCUT2D eigenvalue weighted by Gasteiger charge is -2.24. The maximum atomic E-state index is 14.5. The summed E-state index contributed by atoms with van der Waals surface area (Å²) < 4.78 is 27.8. The van der Waals surface area contributed by atoms with Crippen LogP contribution in [0, 0.1) is 18.6 Å². The fraction of sp³-hybridized carbons (Fsp3) is 0.316. The number of nitrogens with zero attached hydrogens (tertiary/aromatic N) is 1. The van der Waals surface area contributed by atoms with Crippen LogP contribution in [0.3, 0.4) is 0 Å². The zero-order chi connectivity index (χ0) is 17.3. The summed E-state index contributed by atoms with van der Waals surface area (Å²) in [7, 11) is 1.75. The molecule has 1 heterocycles. The molecule has 3 nitrogen and oxygen atoms in total. The fourth-order valence-corrected chi connectivity index (χ4v) is 3.14. The van der Waals surface area contributed by atoms with E-state index in [0.717, 1.165) is 19.5 Å². The second-order valence-electron chi connectivity index (χ2n) is 6.22. The Bertz CT molecular complexity index is 770. The molecule has 126 valence electrons. The average Bonchev–Trinajstić information content (AvgIpc) is 3.08. The number of likely N-dealkylation sites (N-methyl/N-ethyl adjacent to an activating group) is 1. The zero-order valence-electron chi connectivity index (χ0n) is 13.8. The maximum Gasteiger partial charge on any atom is 0.253 e. The number of amides is 1. The van der Waals surface area contributed by atoms with Gasteiger partial charge in [0, 0.05) is 30.8 Å². The van der Waals surface area contributed by atoms with Crippen LogP contribution in [0.2, 0.25) is 0 Å². The summed E-state index contributed by atoms with van der Waals surface area (Å²) in [4.78, 5) is 14.2. The first-order chi connectivity index (χ1) is 11.5. The fourth-order valence-electron chi connectivity index (χ4n) is 3.14. The van der Waals surface area contributed by atoms with Crippen molar-refractivity contribution in [2.45, 2.75) is 19.4 Å². The summed E-state index contributed by atoms with van der Waals surface area (Å²) in [5, 5.41) is 3.21. The average molecular weight is 330 g/mol. The Morgan fingerprint density at radius 2 is 1.92 bits per heavy atom.